The van der Waals surface area contributed by atoms with Crippen molar-refractivity contribution < 1.29 is 38.1 Å². The van der Waals surface area contributed by atoms with Crippen LogP contribution in [0.1, 0.15) is 37.7 Å². The molecule has 182 valence electrons. The number of phosphoric acid groups is 1. The van der Waals surface area contributed by atoms with Crippen LogP contribution < -0.4 is 9.26 Å². The molecular formula is C25H29O8P. The summed E-state index contributed by atoms with van der Waals surface area (Å²) in [5.74, 6) is 1.68. The maximum absolute atomic E-state index is 11.5. The van der Waals surface area contributed by atoms with Crippen LogP contribution in [0.2, 0.25) is 0 Å². The molecule has 1 spiro atoms. The van der Waals surface area contributed by atoms with E-state index in [1.807, 2.05) is 36.4 Å². The minimum atomic E-state index is -4.71. The standard InChI is InChI=1S/C25H29O8P/c26-34(27,28)31-23-8-4-5-19(16-23)25(30-10-9-29-22-6-2-1-3-7-22)24(32-33-25)20-12-17-11-18(14-20)15-21(24)13-17/h1-8,16-18,20-21H,9-15H2,(H2,26,27,28). The van der Waals surface area contributed by atoms with Crippen LogP contribution in [0.4, 0.5) is 0 Å². The molecule has 4 bridgehead atoms. The Labute approximate surface area is 198 Å². The minimum Gasteiger partial charge on any atom is -0.491 e. The van der Waals surface area contributed by atoms with Gasteiger partial charge in [-0.3, -0.25) is 9.79 Å². The predicted molar refractivity (Wildman–Crippen MR) is 121 cm³/mol. The highest BCUT2D eigenvalue weighted by molar-refractivity contribution is 7.46. The molecule has 5 aliphatic rings. The van der Waals surface area contributed by atoms with Gasteiger partial charge in [-0.1, -0.05) is 30.3 Å². The van der Waals surface area contributed by atoms with E-state index in [1.165, 1.54) is 12.5 Å². The average molecular weight is 488 g/mol. The van der Waals surface area contributed by atoms with Crippen molar-refractivity contribution >= 4 is 7.82 Å². The number of benzene rings is 2. The Balaban J connectivity index is 1.31. The van der Waals surface area contributed by atoms with Gasteiger partial charge in [-0.15, -0.1) is 0 Å². The van der Waals surface area contributed by atoms with Crippen molar-refractivity contribution in [2.24, 2.45) is 23.7 Å². The predicted octanol–water partition coefficient (Wildman–Crippen LogP) is 4.56. The summed E-state index contributed by atoms with van der Waals surface area (Å²) in [6.07, 6.45) is 5.64. The van der Waals surface area contributed by atoms with Crippen LogP contribution in [0.25, 0.3) is 0 Å². The van der Waals surface area contributed by atoms with Crippen LogP contribution in [0.15, 0.2) is 54.6 Å². The zero-order chi connectivity index (χ0) is 23.4. The lowest BCUT2D eigenvalue weighted by Gasteiger charge is -2.68. The van der Waals surface area contributed by atoms with Crippen molar-refractivity contribution in [3.63, 3.8) is 0 Å². The summed E-state index contributed by atoms with van der Waals surface area (Å²) in [4.78, 5) is 30.6. The second-order valence-corrected chi connectivity index (χ2v) is 11.2. The van der Waals surface area contributed by atoms with Gasteiger partial charge < -0.3 is 14.0 Å². The molecule has 34 heavy (non-hydrogen) atoms. The second kappa shape index (κ2) is 8.33. The molecule has 5 fully saturated rings. The Morgan fingerprint density at radius 3 is 2.15 bits per heavy atom. The van der Waals surface area contributed by atoms with Crippen LogP contribution in [0.5, 0.6) is 11.5 Å². The van der Waals surface area contributed by atoms with E-state index < -0.39 is 19.2 Å². The summed E-state index contributed by atoms with van der Waals surface area (Å²) in [7, 11) is -4.71. The number of para-hydroxylation sites is 1. The van der Waals surface area contributed by atoms with E-state index in [2.05, 4.69) is 0 Å². The molecular weight excluding hydrogens is 459 g/mol. The van der Waals surface area contributed by atoms with Gasteiger partial charge in [0.05, 0.1) is 6.61 Å². The Hall–Kier alpha value is -1.93. The van der Waals surface area contributed by atoms with Gasteiger partial charge >= 0.3 is 7.82 Å². The largest absolute Gasteiger partial charge is 0.524 e. The normalized spacial score (nSPS) is 35.8. The molecule has 4 aliphatic carbocycles. The Morgan fingerprint density at radius 2 is 1.53 bits per heavy atom. The summed E-state index contributed by atoms with van der Waals surface area (Å²) < 4.78 is 28.7. The molecule has 4 saturated carbocycles. The van der Waals surface area contributed by atoms with Crippen molar-refractivity contribution in [1.29, 1.82) is 0 Å². The van der Waals surface area contributed by atoms with Gasteiger partial charge in [-0.05, 0) is 80.0 Å². The number of hydrogen-bond acceptors (Lipinski definition) is 6. The van der Waals surface area contributed by atoms with E-state index in [-0.39, 0.29) is 12.4 Å². The Morgan fingerprint density at radius 1 is 0.853 bits per heavy atom. The first-order valence-corrected chi connectivity index (χ1v) is 13.5. The number of ether oxygens (including phenoxy) is 2. The highest BCUT2D eigenvalue weighted by Crippen LogP contribution is 2.69. The van der Waals surface area contributed by atoms with Gasteiger partial charge in [0.15, 0.2) is 5.60 Å². The molecule has 1 aliphatic heterocycles. The Kier molecular flexibility index (Phi) is 5.52. The molecule has 8 nitrogen and oxygen atoms in total. The van der Waals surface area contributed by atoms with Gasteiger partial charge in [0.2, 0.25) is 0 Å². The topological polar surface area (TPSA) is 104 Å². The van der Waals surface area contributed by atoms with E-state index >= 15 is 0 Å². The molecule has 2 N–H and O–H groups in total. The van der Waals surface area contributed by atoms with E-state index in [1.54, 1.807) is 12.1 Å². The maximum atomic E-state index is 11.5. The molecule has 1 heterocycles. The molecule has 2 aromatic carbocycles. The number of rotatable bonds is 8. The fraction of sp³-hybridized carbons (Fsp3) is 0.520. The zero-order valence-corrected chi connectivity index (χ0v) is 19.6. The van der Waals surface area contributed by atoms with Gasteiger partial charge in [-0.25, -0.2) is 9.45 Å². The molecule has 1 saturated heterocycles. The zero-order valence-electron chi connectivity index (χ0n) is 18.7. The van der Waals surface area contributed by atoms with E-state index in [0.717, 1.165) is 43.3 Å². The van der Waals surface area contributed by atoms with E-state index in [0.29, 0.717) is 24.0 Å². The molecule has 0 amide bonds. The van der Waals surface area contributed by atoms with Crippen molar-refractivity contribution in [3.8, 4) is 11.5 Å². The van der Waals surface area contributed by atoms with Gasteiger partial charge in [0.1, 0.15) is 18.1 Å². The molecule has 0 aromatic heterocycles. The summed E-state index contributed by atoms with van der Waals surface area (Å²) in [6.45, 7) is 0.584. The van der Waals surface area contributed by atoms with Crippen molar-refractivity contribution in [3.05, 3.63) is 60.2 Å². The molecule has 1 unspecified atom stereocenters. The molecule has 1 atom stereocenters. The van der Waals surface area contributed by atoms with Crippen LogP contribution in [-0.2, 0) is 24.9 Å². The molecule has 2 aromatic rings. The summed E-state index contributed by atoms with van der Waals surface area (Å²) in [6, 6.07) is 16.2. The fourth-order valence-electron chi connectivity index (χ4n) is 7.02. The van der Waals surface area contributed by atoms with Crippen LogP contribution >= 0.6 is 7.82 Å². The van der Waals surface area contributed by atoms with E-state index in [4.69, 9.17) is 23.8 Å². The average Bonchev–Trinajstić information content (AvgIpc) is 2.78. The first-order valence-electron chi connectivity index (χ1n) is 11.9. The first kappa shape index (κ1) is 22.5. The van der Waals surface area contributed by atoms with Crippen molar-refractivity contribution in [1.82, 2.24) is 0 Å². The fourth-order valence-corrected chi connectivity index (χ4v) is 7.41. The summed E-state index contributed by atoms with van der Waals surface area (Å²) in [5, 5.41) is 0. The quantitative estimate of drug-likeness (QED) is 0.317. The van der Waals surface area contributed by atoms with Gasteiger partial charge in [-0.2, -0.15) is 4.89 Å². The Bertz CT molecular complexity index is 1060. The number of hydrogen-bond donors (Lipinski definition) is 2. The number of phosphoric ester groups is 1. The van der Waals surface area contributed by atoms with Crippen molar-refractivity contribution in [2.75, 3.05) is 13.2 Å². The first-order chi connectivity index (χ1) is 16.4. The SMILES string of the molecule is O=P(O)(O)Oc1cccc(C2(OCCOc3ccccc3)OOC23C2CC4CC(C2)CC3C4)c1. The highest BCUT2D eigenvalue weighted by atomic mass is 31.2. The van der Waals surface area contributed by atoms with Crippen LogP contribution in [0.3, 0.4) is 0 Å². The van der Waals surface area contributed by atoms with Crippen molar-refractivity contribution in [2.45, 2.75) is 43.5 Å². The summed E-state index contributed by atoms with van der Waals surface area (Å²) in [5.41, 5.74) is 0.00497. The lowest BCUT2D eigenvalue weighted by molar-refractivity contribution is -0.648. The van der Waals surface area contributed by atoms with Gasteiger partial charge in [0, 0.05) is 5.56 Å². The molecule has 0 radical (unpaired) electrons. The maximum Gasteiger partial charge on any atom is 0.524 e. The third-order valence-electron chi connectivity index (χ3n) is 8.00. The highest BCUT2D eigenvalue weighted by Gasteiger charge is 2.76. The lowest BCUT2D eigenvalue weighted by Crippen LogP contribution is -2.76. The smallest absolute Gasteiger partial charge is 0.491 e. The van der Waals surface area contributed by atoms with Gasteiger partial charge in [0.25, 0.3) is 5.79 Å². The van der Waals surface area contributed by atoms with Crippen LogP contribution in [-0.4, -0.2) is 28.6 Å². The van der Waals surface area contributed by atoms with Crippen LogP contribution in [0, 0.1) is 23.7 Å². The lowest BCUT2D eigenvalue weighted by atomic mass is 9.47. The third kappa shape index (κ3) is 3.68. The second-order valence-electron chi connectivity index (χ2n) is 10.0. The molecule has 7 rings (SSSR count). The summed E-state index contributed by atoms with van der Waals surface area (Å²) >= 11 is 0. The monoisotopic (exact) mass is 488 g/mol. The van der Waals surface area contributed by atoms with E-state index in [9.17, 15) is 14.4 Å². The third-order valence-corrected chi connectivity index (χ3v) is 8.45. The molecule has 9 heteroatoms. The minimum absolute atomic E-state index is 0.0591.